The zero-order chi connectivity index (χ0) is 20.3. The van der Waals surface area contributed by atoms with E-state index in [0.717, 1.165) is 14.7 Å². The summed E-state index contributed by atoms with van der Waals surface area (Å²) in [5.74, 6) is -1.48. The van der Waals surface area contributed by atoms with Gasteiger partial charge in [0.1, 0.15) is 17.1 Å². The fourth-order valence-corrected chi connectivity index (χ4v) is 2.52. The molecule has 1 aromatic carbocycles. The lowest BCUT2D eigenvalue weighted by molar-refractivity contribution is -0.144. The summed E-state index contributed by atoms with van der Waals surface area (Å²) in [6.45, 7) is 0.615. The Kier molecular flexibility index (Phi) is 6.06. The van der Waals surface area contributed by atoms with Gasteiger partial charge in [-0.3, -0.25) is 18.7 Å². The molecule has 0 radical (unpaired) electrons. The lowest BCUT2D eigenvalue weighted by Gasteiger charge is -2.11. The van der Waals surface area contributed by atoms with Crippen molar-refractivity contribution in [3.05, 3.63) is 55.2 Å². The number of carbonyl (C=O) groups excluding carboxylic acids is 2. The van der Waals surface area contributed by atoms with Gasteiger partial charge >= 0.3 is 11.7 Å². The quantitative estimate of drug-likeness (QED) is 0.555. The molecule has 0 fully saturated rings. The topological polar surface area (TPSA) is 123 Å². The molecule has 0 bridgehead atoms. The number of ketones is 1. The second kappa shape index (κ2) is 8.09. The molecular weight excluding hydrogens is 378 g/mol. The monoisotopic (exact) mass is 395 g/mol. The Morgan fingerprint density at radius 1 is 1.15 bits per heavy atom. The SMILES string of the molecule is Cc1cc(Cl)ccc1OCC(=O)OCC(=O)c1c(N)n(C)c(=O)n(C)c1=O. The Hall–Kier alpha value is -3.07. The number of rotatable bonds is 6. The minimum atomic E-state index is -0.857. The smallest absolute Gasteiger partial charge is 0.344 e. The summed E-state index contributed by atoms with van der Waals surface area (Å²) < 4.78 is 11.9. The summed E-state index contributed by atoms with van der Waals surface area (Å²) >= 11 is 5.84. The predicted molar refractivity (Wildman–Crippen MR) is 98.3 cm³/mol. The summed E-state index contributed by atoms with van der Waals surface area (Å²) in [6.07, 6.45) is 0. The molecule has 0 unspecified atom stereocenters. The number of carbonyl (C=O) groups is 2. The van der Waals surface area contributed by atoms with Gasteiger partial charge in [-0.25, -0.2) is 9.59 Å². The number of aromatic nitrogens is 2. The van der Waals surface area contributed by atoms with Gasteiger partial charge in [-0.15, -0.1) is 0 Å². The van der Waals surface area contributed by atoms with Crippen LogP contribution < -0.4 is 21.7 Å². The molecule has 0 spiro atoms. The van der Waals surface area contributed by atoms with E-state index in [2.05, 4.69) is 0 Å². The lowest BCUT2D eigenvalue weighted by Crippen LogP contribution is -2.42. The van der Waals surface area contributed by atoms with Crippen molar-refractivity contribution in [2.24, 2.45) is 14.1 Å². The maximum atomic E-state index is 12.2. The van der Waals surface area contributed by atoms with Crippen molar-refractivity contribution in [2.45, 2.75) is 6.92 Å². The van der Waals surface area contributed by atoms with E-state index in [-0.39, 0.29) is 5.82 Å². The largest absolute Gasteiger partial charge is 0.482 e. The van der Waals surface area contributed by atoms with E-state index in [9.17, 15) is 19.2 Å². The Morgan fingerprint density at radius 3 is 2.44 bits per heavy atom. The second-order valence-corrected chi connectivity index (χ2v) is 6.18. The average molecular weight is 396 g/mol. The van der Waals surface area contributed by atoms with Crippen LogP contribution in [0.4, 0.5) is 5.82 Å². The summed E-state index contributed by atoms with van der Waals surface area (Å²) in [6, 6.07) is 4.88. The molecule has 0 aliphatic carbocycles. The highest BCUT2D eigenvalue weighted by Crippen LogP contribution is 2.21. The number of nitrogens with zero attached hydrogens (tertiary/aromatic N) is 2. The van der Waals surface area contributed by atoms with Crippen LogP contribution in [0.15, 0.2) is 27.8 Å². The molecule has 2 rings (SSSR count). The maximum absolute atomic E-state index is 12.2. The van der Waals surface area contributed by atoms with Crippen LogP contribution in [-0.2, 0) is 23.6 Å². The summed E-state index contributed by atoms with van der Waals surface area (Å²) in [5, 5.41) is 0.532. The number of aryl methyl sites for hydroxylation is 1. The Labute approximate surface area is 158 Å². The first-order valence-electron chi connectivity index (χ1n) is 7.76. The minimum Gasteiger partial charge on any atom is -0.482 e. The van der Waals surface area contributed by atoms with Crippen LogP contribution >= 0.6 is 11.6 Å². The predicted octanol–water partition coefficient (Wildman–Crippen LogP) is 0.433. The molecule has 0 saturated carbocycles. The van der Waals surface area contributed by atoms with Crippen LogP contribution in [0.3, 0.4) is 0 Å². The summed E-state index contributed by atoms with van der Waals surface area (Å²) in [7, 11) is 2.54. The van der Waals surface area contributed by atoms with E-state index in [1.807, 2.05) is 0 Å². The molecule has 1 aromatic heterocycles. The number of Topliss-reactive ketones (excluding diaryl/α,β-unsaturated/α-hetero) is 1. The molecule has 10 heteroatoms. The van der Waals surface area contributed by atoms with Crippen molar-refractivity contribution in [3.63, 3.8) is 0 Å². The number of hydrogen-bond acceptors (Lipinski definition) is 7. The average Bonchev–Trinajstić information content (AvgIpc) is 2.62. The van der Waals surface area contributed by atoms with E-state index in [4.69, 9.17) is 26.8 Å². The van der Waals surface area contributed by atoms with Crippen molar-refractivity contribution >= 4 is 29.2 Å². The first-order valence-corrected chi connectivity index (χ1v) is 8.14. The Balaban J connectivity index is 2.03. The van der Waals surface area contributed by atoms with Gasteiger partial charge in [0.05, 0.1) is 0 Å². The molecule has 0 aliphatic heterocycles. The highest BCUT2D eigenvalue weighted by molar-refractivity contribution is 6.30. The van der Waals surface area contributed by atoms with Crippen LogP contribution in [0.1, 0.15) is 15.9 Å². The number of halogens is 1. The van der Waals surface area contributed by atoms with Crippen LogP contribution in [-0.4, -0.2) is 34.1 Å². The second-order valence-electron chi connectivity index (χ2n) is 5.75. The van der Waals surface area contributed by atoms with E-state index < -0.39 is 41.8 Å². The maximum Gasteiger partial charge on any atom is 0.344 e. The number of esters is 1. The molecule has 0 saturated heterocycles. The number of ether oxygens (including phenoxy) is 2. The molecule has 0 aliphatic rings. The van der Waals surface area contributed by atoms with Crippen molar-refractivity contribution in [1.82, 2.24) is 9.13 Å². The molecular formula is C17H18ClN3O6. The third-order valence-corrected chi connectivity index (χ3v) is 4.07. The first kappa shape index (κ1) is 20.2. The first-order chi connectivity index (χ1) is 12.6. The van der Waals surface area contributed by atoms with Crippen molar-refractivity contribution < 1.29 is 19.1 Å². The third-order valence-electron chi connectivity index (χ3n) is 3.84. The number of nitrogens with two attached hydrogens (primary N) is 1. The number of nitrogen functional groups attached to an aromatic ring is 1. The number of hydrogen-bond donors (Lipinski definition) is 1. The number of benzene rings is 1. The minimum absolute atomic E-state index is 0.294. The van der Waals surface area contributed by atoms with Gasteiger partial charge in [0.15, 0.2) is 13.2 Å². The zero-order valence-corrected chi connectivity index (χ0v) is 15.7. The van der Waals surface area contributed by atoms with Crippen molar-refractivity contribution in [3.8, 4) is 5.75 Å². The van der Waals surface area contributed by atoms with Crippen LogP contribution in [0, 0.1) is 6.92 Å². The fraction of sp³-hybridized carbons (Fsp3) is 0.294. The van der Waals surface area contributed by atoms with Gasteiger partial charge in [0.2, 0.25) is 5.78 Å². The Bertz CT molecular complexity index is 1020. The molecule has 1 heterocycles. The van der Waals surface area contributed by atoms with Gasteiger partial charge in [0, 0.05) is 19.1 Å². The van der Waals surface area contributed by atoms with E-state index in [1.165, 1.54) is 14.1 Å². The van der Waals surface area contributed by atoms with Gasteiger partial charge in [-0.1, -0.05) is 11.6 Å². The van der Waals surface area contributed by atoms with Gasteiger partial charge < -0.3 is 15.2 Å². The van der Waals surface area contributed by atoms with Crippen LogP contribution in [0.5, 0.6) is 5.75 Å². The fourth-order valence-electron chi connectivity index (χ4n) is 2.29. The third kappa shape index (κ3) is 4.37. The van der Waals surface area contributed by atoms with E-state index in [0.29, 0.717) is 10.8 Å². The van der Waals surface area contributed by atoms with Gasteiger partial charge in [0.25, 0.3) is 5.56 Å². The molecule has 9 nitrogen and oxygen atoms in total. The summed E-state index contributed by atoms with van der Waals surface area (Å²) in [5.41, 5.74) is 4.47. The highest BCUT2D eigenvalue weighted by atomic mass is 35.5. The normalized spacial score (nSPS) is 10.5. The van der Waals surface area contributed by atoms with E-state index >= 15 is 0 Å². The zero-order valence-electron chi connectivity index (χ0n) is 14.9. The van der Waals surface area contributed by atoms with Crippen LogP contribution in [0.2, 0.25) is 5.02 Å². The van der Waals surface area contributed by atoms with Crippen molar-refractivity contribution in [1.29, 1.82) is 0 Å². The number of anilines is 1. The van der Waals surface area contributed by atoms with E-state index in [1.54, 1.807) is 25.1 Å². The highest BCUT2D eigenvalue weighted by Gasteiger charge is 2.21. The molecule has 144 valence electrons. The molecule has 27 heavy (non-hydrogen) atoms. The van der Waals surface area contributed by atoms with Crippen molar-refractivity contribution in [2.75, 3.05) is 18.9 Å². The molecule has 2 N–H and O–H groups in total. The van der Waals surface area contributed by atoms with Gasteiger partial charge in [-0.2, -0.15) is 0 Å². The van der Waals surface area contributed by atoms with Gasteiger partial charge in [-0.05, 0) is 30.7 Å². The Morgan fingerprint density at radius 2 is 1.81 bits per heavy atom. The molecule has 0 atom stereocenters. The molecule has 2 aromatic rings. The van der Waals surface area contributed by atoms with Crippen LogP contribution in [0.25, 0.3) is 0 Å². The lowest BCUT2D eigenvalue weighted by atomic mass is 10.2. The summed E-state index contributed by atoms with van der Waals surface area (Å²) in [4.78, 5) is 47.9. The molecule has 0 amide bonds. The standard InChI is InChI=1S/C17H18ClN3O6/c1-9-6-10(18)4-5-12(9)26-8-13(23)27-7-11(22)14-15(19)20(2)17(25)21(3)16(14)24/h4-6H,7-8,19H2,1-3H3.